The summed E-state index contributed by atoms with van der Waals surface area (Å²) in [5.74, 6) is 0.685. The van der Waals surface area contributed by atoms with Gasteiger partial charge in [0, 0.05) is 12.6 Å². The van der Waals surface area contributed by atoms with Crippen molar-refractivity contribution in [3.8, 4) is 5.75 Å². The molecule has 2 N–H and O–H groups in total. The van der Waals surface area contributed by atoms with Crippen molar-refractivity contribution in [1.29, 1.82) is 0 Å². The Morgan fingerprint density at radius 2 is 2.10 bits per heavy atom. The van der Waals surface area contributed by atoms with Gasteiger partial charge in [-0.25, -0.2) is 0 Å². The van der Waals surface area contributed by atoms with E-state index in [9.17, 15) is 4.79 Å². The summed E-state index contributed by atoms with van der Waals surface area (Å²) in [4.78, 5) is 12.0. The van der Waals surface area contributed by atoms with Crippen LogP contribution in [0.4, 0.5) is 0 Å². The topological polar surface area (TPSA) is 50.4 Å². The van der Waals surface area contributed by atoms with Crippen LogP contribution in [0.5, 0.6) is 5.75 Å². The smallest absolute Gasteiger partial charge is 0.261 e. The summed E-state index contributed by atoms with van der Waals surface area (Å²) in [5, 5.41) is 6.30. The third-order valence-corrected chi connectivity index (χ3v) is 3.35. The lowest BCUT2D eigenvalue weighted by Crippen LogP contribution is -2.49. The van der Waals surface area contributed by atoms with Crippen LogP contribution in [-0.4, -0.2) is 31.1 Å². The molecule has 0 aliphatic carbocycles. The van der Waals surface area contributed by atoms with E-state index in [1.807, 2.05) is 31.2 Å². The number of carbonyl (C=O) groups excluding carboxylic acids is 1. The van der Waals surface area contributed by atoms with E-state index in [2.05, 4.69) is 10.6 Å². The SMILES string of the molecule is Cc1ccc(OC(C)C(=O)NC2CCCNC2)cc1.Cl. The lowest BCUT2D eigenvalue weighted by atomic mass is 10.1. The molecule has 1 aliphatic heterocycles. The number of hydrogen-bond acceptors (Lipinski definition) is 3. The molecule has 1 saturated heterocycles. The van der Waals surface area contributed by atoms with E-state index in [1.54, 1.807) is 6.92 Å². The van der Waals surface area contributed by atoms with E-state index in [0.717, 1.165) is 31.7 Å². The van der Waals surface area contributed by atoms with E-state index >= 15 is 0 Å². The Labute approximate surface area is 126 Å². The third kappa shape index (κ3) is 5.02. The quantitative estimate of drug-likeness (QED) is 0.894. The molecule has 0 aromatic heterocycles. The van der Waals surface area contributed by atoms with E-state index < -0.39 is 6.10 Å². The number of aryl methyl sites for hydroxylation is 1. The fourth-order valence-electron chi connectivity index (χ4n) is 2.17. The van der Waals surface area contributed by atoms with Crippen LogP contribution in [0, 0.1) is 6.92 Å². The highest BCUT2D eigenvalue weighted by atomic mass is 35.5. The first-order valence-corrected chi connectivity index (χ1v) is 6.89. The van der Waals surface area contributed by atoms with Crippen LogP contribution in [0.15, 0.2) is 24.3 Å². The second-order valence-electron chi connectivity index (χ2n) is 5.12. The van der Waals surface area contributed by atoms with Gasteiger partial charge in [0.15, 0.2) is 6.10 Å². The lowest BCUT2D eigenvalue weighted by molar-refractivity contribution is -0.128. The molecule has 2 unspecified atom stereocenters. The molecule has 5 heteroatoms. The van der Waals surface area contributed by atoms with Gasteiger partial charge in [0.25, 0.3) is 5.91 Å². The van der Waals surface area contributed by atoms with Crippen LogP contribution in [0.25, 0.3) is 0 Å². The van der Waals surface area contributed by atoms with Gasteiger partial charge in [-0.3, -0.25) is 4.79 Å². The molecule has 1 amide bonds. The molecule has 0 radical (unpaired) electrons. The number of piperidine rings is 1. The van der Waals surface area contributed by atoms with Crippen molar-refractivity contribution < 1.29 is 9.53 Å². The van der Waals surface area contributed by atoms with Gasteiger partial charge in [-0.15, -0.1) is 12.4 Å². The minimum absolute atomic E-state index is 0. The van der Waals surface area contributed by atoms with Crippen molar-refractivity contribution in [2.45, 2.75) is 38.8 Å². The molecule has 0 bridgehead atoms. The van der Waals surface area contributed by atoms with Crippen molar-refractivity contribution in [3.05, 3.63) is 29.8 Å². The van der Waals surface area contributed by atoms with Gasteiger partial charge in [0.1, 0.15) is 5.75 Å². The first-order chi connectivity index (χ1) is 9.15. The fourth-order valence-corrected chi connectivity index (χ4v) is 2.17. The van der Waals surface area contributed by atoms with E-state index in [-0.39, 0.29) is 24.4 Å². The molecular formula is C15H23ClN2O2. The van der Waals surface area contributed by atoms with E-state index in [1.165, 1.54) is 5.56 Å². The lowest BCUT2D eigenvalue weighted by Gasteiger charge is -2.25. The zero-order chi connectivity index (χ0) is 13.7. The minimum Gasteiger partial charge on any atom is -0.481 e. The Hall–Kier alpha value is -1.26. The maximum atomic E-state index is 12.0. The molecule has 1 heterocycles. The summed E-state index contributed by atoms with van der Waals surface area (Å²) < 4.78 is 5.64. The van der Waals surface area contributed by atoms with Crippen molar-refractivity contribution in [2.75, 3.05) is 13.1 Å². The molecule has 1 aromatic rings. The van der Waals surface area contributed by atoms with Gasteiger partial charge < -0.3 is 15.4 Å². The van der Waals surface area contributed by atoms with Gasteiger partial charge in [0.05, 0.1) is 0 Å². The summed E-state index contributed by atoms with van der Waals surface area (Å²) in [5.41, 5.74) is 1.18. The van der Waals surface area contributed by atoms with Gasteiger partial charge in [-0.1, -0.05) is 17.7 Å². The van der Waals surface area contributed by atoms with Crippen molar-refractivity contribution in [2.24, 2.45) is 0 Å². The average Bonchev–Trinajstić information content (AvgIpc) is 2.42. The van der Waals surface area contributed by atoms with Crippen LogP contribution in [-0.2, 0) is 4.79 Å². The number of hydrogen-bond donors (Lipinski definition) is 2. The number of halogens is 1. The highest BCUT2D eigenvalue weighted by molar-refractivity contribution is 5.85. The molecule has 20 heavy (non-hydrogen) atoms. The number of benzene rings is 1. The molecule has 2 atom stereocenters. The summed E-state index contributed by atoms with van der Waals surface area (Å²) >= 11 is 0. The molecule has 112 valence electrons. The molecule has 1 fully saturated rings. The molecular weight excluding hydrogens is 276 g/mol. The van der Waals surface area contributed by atoms with Crippen molar-refractivity contribution in [3.63, 3.8) is 0 Å². The second kappa shape index (κ2) is 8.12. The first kappa shape index (κ1) is 16.8. The van der Waals surface area contributed by atoms with Crippen LogP contribution in [0.3, 0.4) is 0 Å². The third-order valence-electron chi connectivity index (χ3n) is 3.35. The molecule has 0 spiro atoms. The van der Waals surface area contributed by atoms with Crippen molar-refractivity contribution in [1.82, 2.24) is 10.6 Å². The zero-order valence-corrected chi connectivity index (χ0v) is 12.8. The van der Waals surface area contributed by atoms with Crippen LogP contribution in [0.1, 0.15) is 25.3 Å². The van der Waals surface area contributed by atoms with E-state index in [4.69, 9.17) is 4.74 Å². The monoisotopic (exact) mass is 298 g/mol. The summed E-state index contributed by atoms with van der Waals surface area (Å²) in [6, 6.07) is 7.96. The van der Waals surface area contributed by atoms with Crippen LogP contribution in [0.2, 0.25) is 0 Å². The van der Waals surface area contributed by atoms with Gasteiger partial charge >= 0.3 is 0 Å². The first-order valence-electron chi connectivity index (χ1n) is 6.89. The Morgan fingerprint density at radius 3 is 2.70 bits per heavy atom. The van der Waals surface area contributed by atoms with Gasteiger partial charge in [-0.05, 0) is 45.4 Å². The normalized spacial score (nSPS) is 19.6. The predicted octanol–water partition coefficient (Wildman–Crippen LogP) is 2.05. The molecule has 1 aliphatic rings. The molecule has 2 rings (SSSR count). The Kier molecular flexibility index (Phi) is 6.82. The van der Waals surface area contributed by atoms with Crippen LogP contribution < -0.4 is 15.4 Å². The summed E-state index contributed by atoms with van der Waals surface area (Å²) in [7, 11) is 0. The minimum atomic E-state index is -0.468. The molecule has 4 nitrogen and oxygen atoms in total. The zero-order valence-electron chi connectivity index (χ0n) is 12.0. The van der Waals surface area contributed by atoms with Gasteiger partial charge in [0.2, 0.25) is 0 Å². The van der Waals surface area contributed by atoms with Crippen molar-refractivity contribution >= 4 is 18.3 Å². The standard InChI is InChI=1S/C15H22N2O2.ClH/c1-11-5-7-14(8-6-11)19-12(2)15(18)17-13-4-3-9-16-10-13;/h5-8,12-13,16H,3-4,9-10H2,1-2H3,(H,17,18);1H. The number of nitrogens with one attached hydrogen (secondary N) is 2. The highest BCUT2D eigenvalue weighted by Gasteiger charge is 2.20. The summed E-state index contributed by atoms with van der Waals surface area (Å²) in [6.07, 6.45) is 1.68. The Balaban J connectivity index is 0.00000200. The van der Waals surface area contributed by atoms with Crippen LogP contribution >= 0.6 is 12.4 Å². The number of carbonyl (C=O) groups is 1. The van der Waals surface area contributed by atoms with E-state index in [0.29, 0.717) is 0 Å². The fraction of sp³-hybridized carbons (Fsp3) is 0.533. The average molecular weight is 299 g/mol. The largest absolute Gasteiger partial charge is 0.481 e. The maximum absolute atomic E-state index is 12.0. The van der Waals surface area contributed by atoms with Gasteiger partial charge in [-0.2, -0.15) is 0 Å². The molecule has 1 aromatic carbocycles. The predicted molar refractivity (Wildman–Crippen MR) is 82.6 cm³/mol. The number of amides is 1. The number of ether oxygens (including phenoxy) is 1. The molecule has 0 saturated carbocycles. The Morgan fingerprint density at radius 1 is 1.40 bits per heavy atom. The Bertz CT molecular complexity index is 416. The maximum Gasteiger partial charge on any atom is 0.261 e. The number of rotatable bonds is 4. The summed E-state index contributed by atoms with van der Waals surface area (Å²) in [6.45, 7) is 5.70. The highest BCUT2D eigenvalue weighted by Crippen LogP contribution is 2.13. The second-order valence-corrected chi connectivity index (χ2v) is 5.12.